The Bertz CT molecular complexity index is 658. The number of carbonyl (C=O) groups is 1. The number of rotatable bonds is 6. The van der Waals surface area contributed by atoms with Gasteiger partial charge in [-0.3, -0.25) is 4.79 Å². The van der Waals surface area contributed by atoms with Crippen molar-refractivity contribution in [2.45, 2.75) is 24.2 Å². The van der Waals surface area contributed by atoms with Crippen LogP contribution in [-0.2, 0) is 14.8 Å². The molecule has 1 aromatic rings. The Morgan fingerprint density at radius 1 is 1.22 bits per heavy atom. The van der Waals surface area contributed by atoms with Gasteiger partial charge in [0.05, 0.1) is 18.1 Å². The molecule has 0 unspecified atom stereocenters. The highest BCUT2D eigenvalue weighted by Crippen LogP contribution is 2.31. The van der Waals surface area contributed by atoms with E-state index >= 15 is 0 Å². The molecule has 128 valence electrons. The molecule has 2 rings (SSSR count). The first-order chi connectivity index (χ1) is 10.9. The molecule has 1 aliphatic rings. The topological polar surface area (TPSA) is 84.9 Å². The molecule has 1 aliphatic heterocycles. The van der Waals surface area contributed by atoms with Gasteiger partial charge in [-0.25, -0.2) is 13.1 Å². The van der Waals surface area contributed by atoms with E-state index in [1.165, 1.54) is 17.0 Å². The van der Waals surface area contributed by atoms with Crippen molar-refractivity contribution >= 4 is 15.9 Å². The van der Waals surface area contributed by atoms with E-state index in [2.05, 4.69) is 4.72 Å². The van der Waals surface area contributed by atoms with Crippen LogP contribution in [0, 0.1) is 0 Å². The summed E-state index contributed by atoms with van der Waals surface area (Å²) >= 11 is 0. The number of nitrogens with one attached hydrogen (secondary N) is 1. The van der Waals surface area contributed by atoms with Gasteiger partial charge in [-0.2, -0.15) is 0 Å². The average Bonchev–Trinajstić information content (AvgIpc) is 2.75. The smallest absolute Gasteiger partial charge is 0.240 e. The molecule has 0 aliphatic carbocycles. The van der Waals surface area contributed by atoms with Crippen molar-refractivity contribution in [3.05, 3.63) is 18.2 Å². The largest absolute Gasteiger partial charge is 0.490 e. The zero-order valence-electron chi connectivity index (χ0n) is 13.4. The van der Waals surface area contributed by atoms with Gasteiger partial charge in [0.1, 0.15) is 0 Å². The molecule has 0 fully saturated rings. The number of hydrogen-bond acceptors (Lipinski definition) is 5. The van der Waals surface area contributed by atoms with Crippen molar-refractivity contribution in [3.63, 3.8) is 0 Å². The molecule has 0 aromatic heterocycles. The molecular formula is C15H22N2O5S. The lowest BCUT2D eigenvalue weighted by Gasteiger charge is -2.12. The quantitative estimate of drug-likeness (QED) is 0.780. The van der Waals surface area contributed by atoms with E-state index in [9.17, 15) is 13.2 Å². The van der Waals surface area contributed by atoms with Gasteiger partial charge in [-0.05, 0) is 18.6 Å². The van der Waals surface area contributed by atoms with Crippen LogP contribution in [0.1, 0.15) is 19.3 Å². The maximum absolute atomic E-state index is 12.3. The van der Waals surface area contributed by atoms with Crippen molar-refractivity contribution in [1.29, 1.82) is 0 Å². The molecule has 8 heteroatoms. The summed E-state index contributed by atoms with van der Waals surface area (Å²) in [4.78, 5) is 13.1. The van der Waals surface area contributed by atoms with E-state index in [4.69, 9.17) is 9.47 Å². The molecule has 1 heterocycles. The Hall–Kier alpha value is -1.80. The van der Waals surface area contributed by atoms with Crippen LogP contribution in [0.5, 0.6) is 11.5 Å². The van der Waals surface area contributed by atoms with E-state index < -0.39 is 10.0 Å². The van der Waals surface area contributed by atoms with Gasteiger partial charge in [0, 0.05) is 39.5 Å². The summed E-state index contributed by atoms with van der Waals surface area (Å²) in [7, 11) is -0.293. The highest BCUT2D eigenvalue weighted by Gasteiger charge is 2.18. The number of ether oxygens (including phenoxy) is 2. The minimum Gasteiger partial charge on any atom is -0.490 e. The molecular weight excluding hydrogens is 320 g/mol. The summed E-state index contributed by atoms with van der Waals surface area (Å²) in [6.07, 6.45) is 1.51. The van der Waals surface area contributed by atoms with Crippen molar-refractivity contribution in [1.82, 2.24) is 9.62 Å². The van der Waals surface area contributed by atoms with Crippen LogP contribution in [-0.4, -0.2) is 53.1 Å². The minimum absolute atomic E-state index is 0.0280. The number of fused-ring (bicyclic) bond motifs is 1. The highest BCUT2D eigenvalue weighted by atomic mass is 32.2. The summed E-state index contributed by atoms with van der Waals surface area (Å²) in [6, 6.07) is 4.56. The van der Waals surface area contributed by atoms with Crippen molar-refractivity contribution in [2.75, 3.05) is 33.9 Å². The van der Waals surface area contributed by atoms with Gasteiger partial charge in [-0.1, -0.05) is 0 Å². The third kappa shape index (κ3) is 4.84. The maximum atomic E-state index is 12.3. The first-order valence-electron chi connectivity index (χ1n) is 7.49. The van der Waals surface area contributed by atoms with Gasteiger partial charge in [0.25, 0.3) is 0 Å². The monoisotopic (exact) mass is 342 g/mol. The van der Waals surface area contributed by atoms with E-state index in [0.29, 0.717) is 37.6 Å². The predicted octanol–water partition coefficient (Wildman–Crippen LogP) is 0.995. The van der Waals surface area contributed by atoms with Crippen LogP contribution in [0.3, 0.4) is 0 Å². The Balaban J connectivity index is 1.97. The van der Waals surface area contributed by atoms with Gasteiger partial charge in [0.15, 0.2) is 11.5 Å². The summed E-state index contributed by atoms with van der Waals surface area (Å²) < 4.78 is 38.0. The lowest BCUT2D eigenvalue weighted by Crippen LogP contribution is -2.27. The van der Waals surface area contributed by atoms with Crippen molar-refractivity contribution in [3.8, 4) is 11.5 Å². The summed E-state index contributed by atoms with van der Waals surface area (Å²) in [6.45, 7) is 1.25. The second-order valence-corrected chi connectivity index (χ2v) is 7.22. The van der Waals surface area contributed by atoms with E-state index in [0.717, 1.165) is 6.42 Å². The van der Waals surface area contributed by atoms with Gasteiger partial charge < -0.3 is 14.4 Å². The van der Waals surface area contributed by atoms with Crippen LogP contribution in [0.2, 0.25) is 0 Å². The van der Waals surface area contributed by atoms with Crippen LogP contribution >= 0.6 is 0 Å². The molecule has 1 aromatic carbocycles. The molecule has 0 spiro atoms. The fraction of sp³-hybridized carbons (Fsp3) is 0.533. The zero-order chi connectivity index (χ0) is 16.9. The number of hydrogen-bond donors (Lipinski definition) is 1. The number of carbonyl (C=O) groups excluding carboxylic acids is 1. The second-order valence-electron chi connectivity index (χ2n) is 5.45. The first-order valence-corrected chi connectivity index (χ1v) is 8.98. The Labute approximate surface area is 136 Å². The second kappa shape index (κ2) is 7.65. The highest BCUT2D eigenvalue weighted by molar-refractivity contribution is 7.89. The van der Waals surface area contributed by atoms with Gasteiger partial charge >= 0.3 is 0 Å². The van der Waals surface area contributed by atoms with Crippen molar-refractivity contribution < 1.29 is 22.7 Å². The normalized spacial score (nSPS) is 14.2. The Morgan fingerprint density at radius 2 is 1.91 bits per heavy atom. The number of amides is 1. The number of nitrogens with zero attached hydrogens (tertiary/aromatic N) is 1. The van der Waals surface area contributed by atoms with Gasteiger partial charge in [-0.15, -0.1) is 0 Å². The molecule has 0 radical (unpaired) electrons. The maximum Gasteiger partial charge on any atom is 0.240 e. The minimum atomic E-state index is -3.63. The van der Waals surface area contributed by atoms with Gasteiger partial charge in [0.2, 0.25) is 15.9 Å². The van der Waals surface area contributed by atoms with Crippen LogP contribution in [0.25, 0.3) is 0 Å². The van der Waals surface area contributed by atoms with Crippen LogP contribution in [0.15, 0.2) is 23.1 Å². The molecule has 23 heavy (non-hydrogen) atoms. The summed E-state index contributed by atoms with van der Waals surface area (Å²) in [5.41, 5.74) is 0. The average molecular weight is 342 g/mol. The van der Waals surface area contributed by atoms with Crippen molar-refractivity contribution in [2.24, 2.45) is 0 Å². The molecule has 1 amide bonds. The molecule has 0 saturated carbocycles. The molecule has 0 bridgehead atoms. The number of sulfonamides is 1. The predicted molar refractivity (Wildman–Crippen MR) is 85.2 cm³/mol. The summed E-state index contributed by atoms with van der Waals surface area (Å²) in [5.74, 6) is 0.964. The SMILES string of the molecule is CN(C)C(=O)CCCNS(=O)(=O)c1ccc2c(c1)OCCCO2. The molecule has 0 saturated heterocycles. The van der Waals surface area contributed by atoms with E-state index in [1.807, 2.05) is 0 Å². The van der Waals surface area contributed by atoms with Crippen LogP contribution < -0.4 is 14.2 Å². The lowest BCUT2D eigenvalue weighted by molar-refractivity contribution is -0.128. The first kappa shape index (κ1) is 17.6. The Kier molecular flexibility index (Phi) is 5.84. The zero-order valence-corrected chi connectivity index (χ0v) is 14.2. The summed E-state index contributed by atoms with van der Waals surface area (Å²) in [5, 5.41) is 0. The van der Waals surface area contributed by atoms with Crippen LogP contribution in [0.4, 0.5) is 0 Å². The van der Waals surface area contributed by atoms with E-state index in [-0.39, 0.29) is 17.3 Å². The fourth-order valence-electron chi connectivity index (χ4n) is 2.06. The molecule has 1 N–H and O–H groups in total. The molecule has 7 nitrogen and oxygen atoms in total. The standard InChI is InChI=1S/C15H22N2O5S/c1-17(2)15(18)5-3-8-16-23(19,20)12-6-7-13-14(11-12)22-10-4-9-21-13/h6-7,11,16H,3-5,8-10H2,1-2H3. The third-order valence-electron chi connectivity index (χ3n) is 3.39. The number of benzene rings is 1. The Morgan fingerprint density at radius 3 is 2.61 bits per heavy atom. The molecule has 0 atom stereocenters. The third-order valence-corrected chi connectivity index (χ3v) is 4.85. The van der Waals surface area contributed by atoms with E-state index in [1.54, 1.807) is 20.2 Å². The fourth-order valence-corrected chi connectivity index (χ4v) is 3.15. The lowest BCUT2D eigenvalue weighted by atomic mass is 10.3.